The van der Waals surface area contributed by atoms with Crippen LogP contribution in [0.5, 0.6) is 0 Å². The number of hydrogen-bond acceptors (Lipinski definition) is 0. The van der Waals surface area contributed by atoms with Gasteiger partial charge in [-0.2, -0.15) is 0 Å². The fourth-order valence-corrected chi connectivity index (χ4v) is 1.56. The third-order valence-electron chi connectivity index (χ3n) is 2.08. The van der Waals surface area contributed by atoms with Crippen LogP contribution in [0.15, 0.2) is 0 Å². The monoisotopic (exact) mass is 158 g/mol. The van der Waals surface area contributed by atoms with Crippen molar-refractivity contribution >= 4 is 0 Å². The third kappa shape index (κ3) is 7.90. The van der Waals surface area contributed by atoms with Gasteiger partial charge in [0.2, 0.25) is 0 Å². The maximum absolute atomic E-state index is 2.32. The van der Waals surface area contributed by atoms with Crippen molar-refractivity contribution in [1.82, 2.24) is 0 Å². The second kappa shape index (κ2) is 8.10. The SMILES string of the molecule is C.CCCC(CC)CC(C)C. The summed E-state index contributed by atoms with van der Waals surface area (Å²) < 4.78 is 0. The Morgan fingerprint density at radius 1 is 1.09 bits per heavy atom. The molecule has 1 atom stereocenters. The molecular weight excluding hydrogens is 132 g/mol. The smallest absolute Gasteiger partial charge is 0.0415 e. The van der Waals surface area contributed by atoms with Crippen LogP contribution in [-0.2, 0) is 0 Å². The minimum absolute atomic E-state index is 0. The van der Waals surface area contributed by atoms with Gasteiger partial charge in [-0.05, 0) is 18.3 Å². The second-order valence-electron chi connectivity index (χ2n) is 3.69. The normalized spacial score (nSPS) is 12.8. The van der Waals surface area contributed by atoms with Crippen LogP contribution in [0.3, 0.4) is 0 Å². The average Bonchev–Trinajstić information content (AvgIpc) is 1.86. The predicted molar refractivity (Wildman–Crippen MR) is 54.9 cm³/mol. The van der Waals surface area contributed by atoms with Gasteiger partial charge in [-0.1, -0.05) is 54.4 Å². The molecule has 0 aromatic rings. The van der Waals surface area contributed by atoms with Crippen LogP contribution in [0, 0.1) is 11.8 Å². The lowest BCUT2D eigenvalue weighted by Gasteiger charge is -2.15. The van der Waals surface area contributed by atoms with Gasteiger partial charge in [0.1, 0.15) is 0 Å². The highest BCUT2D eigenvalue weighted by molar-refractivity contribution is 4.58. The van der Waals surface area contributed by atoms with E-state index >= 15 is 0 Å². The molecule has 0 radical (unpaired) electrons. The summed E-state index contributed by atoms with van der Waals surface area (Å²) in [5.41, 5.74) is 0. The van der Waals surface area contributed by atoms with E-state index in [0.717, 1.165) is 11.8 Å². The van der Waals surface area contributed by atoms with Crippen LogP contribution in [0.25, 0.3) is 0 Å². The molecule has 0 aromatic carbocycles. The molecule has 11 heavy (non-hydrogen) atoms. The minimum Gasteiger partial charge on any atom is -0.0776 e. The second-order valence-corrected chi connectivity index (χ2v) is 3.69. The Kier molecular flexibility index (Phi) is 10.0. The van der Waals surface area contributed by atoms with E-state index in [9.17, 15) is 0 Å². The van der Waals surface area contributed by atoms with Gasteiger partial charge in [-0.25, -0.2) is 0 Å². The summed E-state index contributed by atoms with van der Waals surface area (Å²) in [6, 6.07) is 0. The Bertz CT molecular complexity index is 64.4. The first-order chi connectivity index (χ1) is 4.70. The molecule has 0 bridgehead atoms. The van der Waals surface area contributed by atoms with Gasteiger partial charge in [-0.15, -0.1) is 0 Å². The van der Waals surface area contributed by atoms with E-state index in [-0.39, 0.29) is 7.43 Å². The Morgan fingerprint density at radius 2 is 1.64 bits per heavy atom. The Balaban J connectivity index is 0. The zero-order valence-corrected chi connectivity index (χ0v) is 7.98. The van der Waals surface area contributed by atoms with E-state index in [1.165, 1.54) is 25.7 Å². The first-order valence-corrected chi connectivity index (χ1v) is 4.70. The molecule has 1 unspecified atom stereocenters. The largest absolute Gasteiger partial charge is 0.0776 e. The quantitative estimate of drug-likeness (QED) is 0.553. The predicted octanol–water partition coefficient (Wildman–Crippen LogP) is 4.49. The van der Waals surface area contributed by atoms with E-state index in [1.54, 1.807) is 0 Å². The molecule has 0 rings (SSSR count). The van der Waals surface area contributed by atoms with Crippen LogP contribution >= 0.6 is 0 Å². The zero-order valence-electron chi connectivity index (χ0n) is 7.98. The first-order valence-electron chi connectivity index (χ1n) is 4.70. The van der Waals surface area contributed by atoms with Gasteiger partial charge in [0, 0.05) is 0 Å². The van der Waals surface area contributed by atoms with E-state index in [0.29, 0.717) is 0 Å². The lowest BCUT2D eigenvalue weighted by atomic mass is 9.91. The molecule has 0 aliphatic rings. The molecule has 0 heteroatoms. The van der Waals surface area contributed by atoms with Crippen LogP contribution in [0.2, 0.25) is 0 Å². The highest BCUT2D eigenvalue weighted by Crippen LogP contribution is 2.19. The molecule has 0 saturated carbocycles. The summed E-state index contributed by atoms with van der Waals surface area (Å²) in [7, 11) is 0. The maximum atomic E-state index is 2.32. The summed E-state index contributed by atoms with van der Waals surface area (Å²) in [5.74, 6) is 1.88. The van der Waals surface area contributed by atoms with Gasteiger partial charge in [0.15, 0.2) is 0 Å². The molecule has 0 saturated heterocycles. The van der Waals surface area contributed by atoms with Gasteiger partial charge in [0.05, 0.1) is 0 Å². The van der Waals surface area contributed by atoms with E-state index in [2.05, 4.69) is 27.7 Å². The van der Waals surface area contributed by atoms with E-state index in [1.807, 2.05) is 0 Å². The van der Waals surface area contributed by atoms with Crippen molar-refractivity contribution in [2.24, 2.45) is 11.8 Å². The van der Waals surface area contributed by atoms with Crippen LogP contribution in [-0.4, -0.2) is 0 Å². The Hall–Kier alpha value is 0. The molecule has 0 heterocycles. The Morgan fingerprint density at radius 3 is 1.91 bits per heavy atom. The minimum atomic E-state index is 0. The molecule has 0 nitrogen and oxygen atoms in total. The highest BCUT2D eigenvalue weighted by Gasteiger charge is 2.06. The standard InChI is InChI=1S/C10H22.CH4/c1-5-7-10(6-2)8-9(3)4;/h9-10H,5-8H2,1-4H3;1H4. The van der Waals surface area contributed by atoms with Gasteiger partial charge in [0.25, 0.3) is 0 Å². The van der Waals surface area contributed by atoms with Crippen molar-refractivity contribution in [3.8, 4) is 0 Å². The molecule has 0 aliphatic carbocycles. The third-order valence-corrected chi connectivity index (χ3v) is 2.08. The fraction of sp³-hybridized carbons (Fsp3) is 1.00. The topological polar surface area (TPSA) is 0 Å². The van der Waals surface area contributed by atoms with Crippen molar-refractivity contribution < 1.29 is 0 Å². The van der Waals surface area contributed by atoms with Crippen molar-refractivity contribution in [2.75, 3.05) is 0 Å². The van der Waals surface area contributed by atoms with Gasteiger partial charge < -0.3 is 0 Å². The summed E-state index contributed by atoms with van der Waals surface area (Å²) in [6.07, 6.45) is 5.57. The number of hydrogen-bond donors (Lipinski definition) is 0. The van der Waals surface area contributed by atoms with Crippen molar-refractivity contribution in [1.29, 1.82) is 0 Å². The molecule has 70 valence electrons. The molecule has 0 N–H and O–H groups in total. The molecule has 0 aliphatic heterocycles. The van der Waals surface area contributed by atoms with Crippen molar-refractivity contribution in [3.05, 3.63) is 0 Å². The summed E-state index contributed by atoms with van der Waals surface area (Å²) >= 11 is 0. The van der Waals surface area contributed by atoms with E-state index < -0.39 is 0 Å². The number of rotatable bonds is 5. The van der Waals surface area contributed by atoms with Crippen LogP contribution in [0.1, 0.15) is 60.8 Å². The summed E-state index contributed by atoms with van der Waals surface area (Å²) in [4.78, 5) is 0. The lowest BCUT2D eigenvalue weighted by molar-refractivity contribution is 0.373. The molecule has 0 aromatic heterocycles. The van der Waals surface area contributed by atoms with Gasteiger partial charge >= 0.3 is 0 Å². The first kappa shape index (κ1) is 13.6. The maximum Gasteiger partial charge on any atom is -0.0415 e. The zero-order chi connectivity index (χ0) is 7.98. The van der Waals surface area contributed by atoms with E-state index in [4.69, 9.17) is 0 Å². The fourth-order valence-electron chi connectivity index (χ4n) is 1.56. The molecule has 0 amide bonds. The lowest BCUT2D eigenvalue weighted by Crippen LogP contribution is -2.02. The molecule has 0 spiro atoms. The van der Waals surface area contributed by atoms with Crippen molar-refractivity contribution in [2.45, 2.75) is 60.8 Å². The molecular formula is C11H26. The summed E-state index contributed by atoms with van der Waals surface area (Å²) in [6.45, 7) is 9.22. The summed E-state index contributed by atoms with van der Waals surface area (Å²) in [5, 5.41) is 0. The average molecular weight is 158 g/mol. The van der Waals surface area contributed by atoms with Gasteiger partial charge in [-0.3, -0.25) is 0 Å². The Labute approximate surface area is 73.4 Å². The molecule has 0 fully saturated rings. The van der Waals surface area contributed by atoms with Crippen LogP contribution < -0.4 is 0 Å². The van der Waals surface area contributed by atoms with Crippen molar-refractivity contribution in [3.63, 3.8) is 0 Å². The highest BCUT2D eigenvalue weighted by atomic mass is 14.1. The van der Waals surface area contributed by atoms with Crippen LogP contribution in [0.4, 0.5) is 0 Å².